The van der Waals surface area contributed by atoms with Crippen LogP contribution in [0, 0.1) is 0 Å². The predicted molar refractivity (Wildman–Crippen MR) is 158 cm³/mol. The number of anilines is 1. The number of amides is 2. The maximum absolute atomic E-state index is 13.0. The third-order valence-electron chi connectivity index (χ3n) is 6.10. The minimum absolute atomic E-state index is 0.0155. The first-order valence-electron chi connectivity index (χ1n) is 12.9. The highest BCUT2D eigenvalue weighted by molar-refractivity contribution is 6.11. The van der Waals surface area contributed by atoms with Crippen LogP contribution in [0.5, 0.6) is 5.75 Å². The molecular weight excluding hydrogens is 534 g/mol. The maximum Gasteiger partial charge on any atom is 0.387 e. The van der Waals surface area contributed by atoms with Crippen molar-refractivity contribution in [1.82, 2.24) is 15.5 Å². The van der Waals surface area contributed by atoms with Crippen molar-refractivity contribution in [3.8, 4) is 5.75 Å². The number of benzene rings is 2. The van der Waals surface area contributed by atoms with E-state index in [0.29, 0.717) is 54.2 Å². The van der Waals surface area contributed by atoms with Gasteiger partial charge in [-0.3, -0.25) is 19.6 Å². The third-order valence-corrected chi connectivity index (χ3v) is 6.10. The molecule has 0 aromatic heterocycles. The van der Waals surface area contributed by atoms with E-state index in [1.807, 2.05) is 14.0 Å². The maximum atomic E-state index is 13.0. The van der Waals surface area contributed by atoms with Crippen LogP contribution in [0.25, 0.3) is 5.57 Å². The third kappa shape index (κ3) is 10.4. The van der Waals surface area contributed by atoms with E-state index in [1.165, 1.54) is 26.4 Å². The molecule has 0 radical (unpaired) electrons. The van der Waals surface area contributed by atoms with E-state index in [2.05, 4.69) is 32.7 Å². The Morgan fingerprint density at radius 2 is 1.98 bits per heavy atom. The highest BCUT2D eigenvalue weighted by Crippen LogP contribution is 2.27. The van der Waals surface area contributed by atoms with Crippen molar-refractivity contribution in [1.29, 1.82) is 0 Å². The smallest absolute Gasteiger partial charge is 0.387 e. The Morgan fingerprint density at radius 1 is 1.20 bits per heavy atom. The molecule has 2 amide bonds. The van der Waals surface area contributed by atoms with E-state index in [4.69, 9.17) is 9.47 Å². The summed E-state index contributed by atoms with van der Waals surface area (Å²) in [4.78, 5) is 34.1. The van der Waals surface area contributed by atoms with E-state index >= 15 is 0 Å². The second kappa shape index (κ2) is 17.5. The summed E-state index contributed by atoms with van der Waals surface area (Å²) >= 11 is 0. The number of rotatable bonds is 18. The van der Waals surface area contributed by atoms with E-state index < -0.39 is 6.61 Å². The lowest BCUT2D eigenvalue weighted by atomic mass is 10.0. The molecule has 0 aliphatic rings. The van der Waals surface area contributed by atoms with Crippen molar-refractivity contribution in [3.05, 3.63) is 64.9 Å². The number of hydrogen-bond donors (Lipinski definition) is 3. The molecule has 0 saturated heterocycles. The quantitative estimate of drug-likeness (QED) is 0.186. The lowest BCUT2D eigenvalue weighted by molar-refractivity contribution is -0.119. The Morgan fingerprint density at radius 3 is 2.61 bits per heavy atom. The minimum Gasteiger partial charge on any atom is -0.434 e. The summed E-state index contributed by atoms with van der Waals surface area (Å²) in [5.41, 5.74) is 3.35. The topological polar surface area (TPSA) is 117 Å². The minimum atomic E-state index is -2.99. The normalized spacial score (nSPS) is 12.3. The number of aliphatic imine (C=N–C) groups is 2. The first-order valence-corrected chi connectivity index (χ1v) is 12.9. The van der Waals surface area contributed by atoms with E-state index in [-0.39, 0.29) is 24.2 Å². The lowest BCUT2D eigenvalue weighted by Gasteiger charge is -2.23. The van der Waals surface area contributed by atoms with Crippen molar-refractivity contribution in [2.75, 3.05) is 46.2 Å². The summed E-state index contributed by atoms with van der Waals surface area (Å²) in [6, 6.07) is 9.83. The molecule has 3 N–H and O–H groups in total. The largest absolute Gasteiger partial charge is 0.434 e. The molecule has 0 spiro atoms. The Kier molecular flexibility index (Phi) is 14.1. The predicted octanol–water partition coefficient (Wildman–Crippen LogP) is 3.58. The van der Waals surface area contributed by atoms with E-state index in [0.717, 1.165) is 12.0 Å². The van der Waals surface area contributed by atoms with Gasteiger partial charge in [-0.25, -0.2) is 0 Å². The second-order valence-corrected chi connectivity index (χ2v) is 9.00. The van der Waals surface area contributed by atoms with Gasteiger partial charge < -0.3 is 30.3 Å². The summed E-state index contributed by atoms with van der Waals surface area (Å²) in [5.74, 6) is -0.316. The van der Waals surface area contributed by atoms with Crippen LogP contribution in [-0.4, -0.2) is 83.6 Å². The number of nitrogens with one attached hydrogen (secondary N) is 3. The van der Waals surface area contributed by atoms with Crippen molar-refractivity contribution >= 4 is 36.5 Å². The average Bonchev–Trinajstić information content (AvgIpc) is 2.96. The fraction of sp³-hybridized carbons (Fsp3) is 0.379. The first kappa shape index (κ1) is 33.0. The number of allylic oxidation sites excluding steroid dienone is 1. The number of halogens is 2. The Hall–Kier alpha value is -4.16. The fourth-order valence-corrected chi connectivity index (χ4v) is 3.94. The zero-order valence-corrected chi connectivity index (χ0v) is 23.8. The van der Waals surface area contributed by atoms with Gasteiger partial charge in [0.25, 0.3) is 5.91 Å². The summed E-state index contributed by atoms with van der Waals surface area (Å²) in [6.07, 6.45) is 3.97. The lowest BCUT2D eigenvalue weighted by Crippen LogP contribution is -2.38. The van der Waals surface area contributed by atoms with Crippen molar-refractivity contribution in [2.24, 2.45) is 9.98 Å². The van der Waals surface area contributed by atoms with Gasteiger partial charge in [0.2, 0.25) is 6.41 Å². The molecule has 0 aliphatic carbocycles. The summed E-state index contributed by atoms with van der Waals surface area (Å²) in [5, 5.41) is 8.81. The Labute approximate surface area is 239 Å². The number of carbonyl (C=O) groups excluding carboxylic acids is 2. The molecule has 2 aromatic rings. The second-order valence-electron chi connectivity index (χ2n) is 9.00. The highest BCUT2D eigenvalue weighted by Gasteiger charge is 2.16. The SMILES string of the molecule is C=N/C=C(\C=NC[C@@H](C)N(C=O)CCNC)c1ccc(C(=O)NC)c(NCc2cc(COC)ccc2OC(F)F)c1. The van der Waals surface area contributed by atoms with Gasteiger partial charge in [0.1, 0.15) is 5.75 Å². The van der Waals surface area contributed by atoms with Gasteiger partial charge in [0.05, 0.1) is 18.7 Å². The van der Waals surface area contributed by atoms with Crippen LogP contribution in [0.1, 0.15) is 34.0 Å². The Balaban J connectivity index is 2.36. The summed E-state index contributed by atoms with van der Waals surface area (Å²) in [7, 11) is 4.87. The average molecular weight is 573 g/mol. The number of carbonyl (C=O) groups is 2. The highest BCUT2D eigenvalue weighted by atomic mass is 19.3. The summed E-state index contributed by atoms with van der Waals surface area (Å²) < 4.78 is 35.9. The van der Waals surface area contributed by atoms with Gasteiger partial charge in [0.15, 0.2) is 0 Å². The number of ether oxygens (including phenoxy) is 2. The molecule has 0 aliphatic heterocycles. The van der Waals surface area contributed by atoms with Crippen LogP contribution in [0.4, 0.5) is 14.5 Å². The molecule has 2 rings (SSSR count). The zero-order valence-electron chi connectivity index (χ0n) is 23.8. The van der Waals surface area contributed by atoms with Crippen LogP contribution >= 0.6 is 0 Å². The number of nitrogens with zero attached hydrogens (tertiary/aromatic N) is 3. The van der Waals surface area contributed by atoms with Crippen LogP contribution < -0.4 is 20.7 Å². The van der Waals surface area contributed by atoms with Gasteiger partial charge in [-0.2, -0.15) is 8.78 Å². The van der Waals surface area contributed by atoms with Gasteiger partial charge in [-0.05, 0) is 56.1 Å². The molecule has 41 heavy (non-hydrogen) atoms. The molecule has 10 nitrogen and oxygen atoms in total. The molecule has 2 aromatic carbocycles. The zero-order chi connectivity index (χ0) is 30.2. The Bertz CT molecular complexity index is 1220. The molecule has 0 unspecified atom stereocenters. The van der Waals surface area contributed by atoms with Crippen molar-refractivity contribution in [3.63, 3.8) is 0 Å². The van der Waals surface area contributed by atoms with Crippen LogP contribution in [-0.2, 0) is 22.7 Å². The first-order chi connectivity index (χ1) is 19.8. The molecule has 1 atom stereocenters. The molecular formula is C29H38F2N6O4. The standard InChI is InChI=1S/C29H38F2N6O4/c1-20(37(19-38)11-10-32-2)14-35-16-24(15-33-3)22-7-8-25(28(39)34-4)26(13-22)36-17-23-12-21(18-40-5)6-9-27(23)41-29(30)31/h6-9,12-13,15-16,19-20,29,32,36H,3,10-11,14,17-18H2,1-2,4-5H3,(H,34,39)/b24-15+,35-16?/t20-/m1/s1. The van der Waals surface area contributed by atoms with Gasteiger partial charge in [-0.15, -0.1) is 0 Å². The molecule has 0 bridgehead atoms. The van der Waals surface area contributed by atoms with Gasteiger partial charge in [-0.1, -0.05) is 12.1 Å². The fourth-order valence-electron chi connectivity index (χ4n) is 3.94. The van der Waals surface area contributed by atoms with E-state index in [1.54, 1.807) is 41.4 Å². The number of hydrogen-bond acceptors (Lipinski definition) is 8. The van der Waals surface area contributed by atoms with Crippen LogP contribution in [0.15, 0.2) is 52.6 Å². The number of likely N-dealkylation sites (N-methyl/N-ethyl adjacent to an activating group) is 1. The molecule has 12 heteroatoms. The van der Waals surface area contributed by atoms with E-state index in [9.17, 15) is 18.4 Å². The van der Waals surface area contributed by atoms with Gasteiger partial charge >= 0.3 is 6.61 Å². The van der Waals surface area contributed by atoms with Crippen LogP contribution in [0.2, 0.25) is 0 Å². The molecule has 0 saturated carbocycles. The van der Waals surface area contributed by atoms with Crippen molar-refractivity contribution in [2.45, 2.75) is 32.7 Å². The monoisotopic (exact) mass is 572 g/mol. The van der Waals surface area contributed by atoms with Crippen LogP contribution in [0.3, 0.4) is 0 Å². The molecule has 222 valence electrons. The summed E-state index contributed by atoms with van der Waals surface area (Å²) in [6.45, 7) is 4.43. The van der Waals surface area contributed by atoms with Crippen molar-refractivity contribution < 1.29 is 27.8 Å². The van der Waals surface area contributed by atoms with Gasteiger partial charge in [0, 0.05) is 69.1 Å². The number of methoxy groups -OCH3 is 1. The molecule has 0 fully saturated rings. The number of alkyl halides is 2. The molecule has 0 heterocycles.